The van der Waals surface area contributed by atoms with Gasteiger partial charge in [0.15, 0.2) is 40.7 Å². The van der Waals surface area contributed by atoms with Crippen LogP contribution in [0.3, 0.4) is 0 Å². The zero-order valence-electron chi connectivity index (χ0n) is 16.5. The van der Waals surface area contributed by atoms with Crippen LogP contribution in [0, 0.1) is 40.7 Å². The third-order valence-corrected chi connectivity index (χ3v) is 5.57. The summed E-state index contributed by atoms with van der Waals surface area (Å²) in [5.74, 6) is -10.7. The molecule has 0 heterocycles. The van der Waals surface area contributed by atoms with Crippen LogP contribution in [0.25, 0.3) is 43.8 Å². The van der Waals surface area contributed by atoms with Crippen molar-refractivity contribution in [2.75, 3.05) is 0 Å². The number of halogens is 7. The molecule has 0 bridgehead atoms. The van der Waals surface area contributed by atoms with Gasteiger partial charge < -0.3 is 0 Å². The molecule has 0 fully saturated rings. The molecule has 5 aromatic carbocycles. The van der Waals surface area contributed by atoms with Crippen molar-refractivity contribution in [2.24, 2.45) is 0 Å². The predicted molar refractivity (Wildman–Crippen MR) is 112 cm³/mol. The van der Waals surface area contributed by atoms with Crippen molar-refractivity contribution in [3.8, 4) is 22.3 Å². The van der Waals surface area contributed by atoms with Gasteiger partial charge in [0.05, 0.1) is 5.56 Å². The second-order valence-corrected chi connectivity index (χ2v) is 7.44. The van der Waals surface area contributed by atoms with Crippen LogP contribution >= 0.6 is 0 Å². The molecule has 0 nitrogen and oxygen atoms in total. The SMILES string of the molecule is Fc1cc(-c2c3ccccc3c(-c3c(F)c(F)cc(F)c3F)c3ccccc23)cc(F)c1F. The molecule has 0 N–H and O–H groups in total. The summed E-state index contributed by atoms with van der Waals surface area (Å²) in [5, 5.41) is 0.943. The maximum absolute atomic E-state index is 14.8. The van der Waals surface area contributed by atoms with Crippen LogP contribution in [-0.4, -0.2) is 0 Å². The van der Waals surface area contributed by atoms with Gasteiger partial charge in [0.1, 0.15) is 0 Å². The summed E-state index contributed by atoms with van der Waals surface area (Å²) in [4.78, 5) is 0. The van der Waals surface area contributed by atoms with Crippen molar-refractivity contribution in [1.82, 2.24) is 0 Å². The Morgan fingerprint density at radius 2 is 0.727 bits per heavy atom. The highest BCUT2D eigenvalue weighted by atomic mass is 19.2. The molecule has 0 aromatic heterocycles. The number of rotatable bonds is 2. The molecule has 7 heteroatoms. The van der Waals surface area contributed by atoms with Crippen LogP contribution in [0.1, 0.15) is 0 Å². The molecule has 0 aliphatic heterocycles. The van der Waals surface area contributed by atoms with E-state index in [4.69, 9.17) is 0 Å². The molecular weight excluding hydrogens is 445 g/mol. The maximum atomic E-state index is 14.8. The molecule has 0 atom stereocenters. The number of hydrogen-bond donors (Lipinski definition) is 0. The van der Waals surface area contributed by atoms with E-state index in [0.29, 0.717) is 10.8 Å². The highest BCUT2D eigenvalue weighted by molar-refractivity contribution is 6.21. The van der Waals surface area contributed by atoms with Gasteiger partial charge in [-0.15, -0.1) is 0 Å². The fourth-order valence-corrected chi connectivity index (χ4v) is 4.20. The van der Waals surface area contributed by atoms with Crippen LogP contribution in [0.2, 0.25) is 0 Å². The van der Waals surface area contributed by atoms with Crippen LogP contribution < -0.4 is 0 Å². The molecule has 5 rings (SSSR count). The monoisotopic (exact) mass is 456 g/mol. The molecule has 0 amide bonds. The van der Waals surface area contributed by atoms with Crippen molar-refractivity contribution in [3.05, 3.63) is 107 Å². The average Bonchev–Trinajstić information content (AvgIpc) is 2.80. The fraction of sp³-hybridized carbons (Fsp3) is 0. The van der Waals surface area contributed by atoms with Crippen molar-refractivity contribution in [3.63, 3.8) is 0 Å². The van der Waals surface area contributed by atoms with E-state index in [1.54, 1.807) is 24.3 Å². The summed E-state index contributed by atoms with van der Waals surface area (Å²) in [7, 11) is 0. The minimum Gasteiger partial charge on any atom is -0.204 e. The first-order valence-corrected chi connectivity index (χ1v) is 9.71. The Bertz CT molecular complexity index is 1480. The summed E-state index contributed by atoms with van der Waals surface area (Å²) in [5.41, 5.74) is -0.776. The minimum atomic E-state index is -1.64. The van der Waals surface area contributed by atoms with Gasteiger partial charge in [-0.25, -0.2) is 30.7 Å². The van der Waals surface area contributed by atoms with Gasteiger partial charge in [-0.3, -0.25) is 0 Å². The molecule has 0 radical (unpaired) electrons. The molecule has 0 aliphatic rings. The van der Waals surface area contributed by atoms with Crippen molar-refractivity contribution in [1.29, 1.82) is 0 Å². The Labute approximate surface area is 182 Å². The van der Waals surface area contributed by atoms with Gasteiger partial charge in [0.2, 0.25) is 0 Å². The Hall–Kier alpha value is -3.87. The minimum absolute atomic E-state index is 0.0169. The van der Waals surface area contributed by atoms with Gasteiger partial charge in [-0.2, -0.15) is 0 Å². The Balaban J connectivity index is 2.03. The zero-order valence-corrected chi connectivity index (χ0v) is 16.5. The normalized spacial score (nSPS) is 11.5. The maximum Gasteiger partial charge on any atom is 0.194 e. The molecule has 0 saturated heterocycles. The smallest absolute Gasteiger partial charge is 0.194 e. The van der Waals surface area contributed by atoms with E-state index in [2.05, 4.69) is 0 Å². The van der Waals surface area contributed by atoms with E-state index in [1.165, 1.54) is 24.3 Å². The van der Waals surface area contributed by atoms with Crippen LogP contribution in [-0.2, 0) is 0 Å². The third kappa shape index (κ3) is 3.15. The lowest BCUT2D eigenvalue weighted by Crippen LogP contribution is -2.01. The van der Waals surface area contributed by atoms with Gasteiger partial charge in [0, 0.05) is 11.6 Å². The largest absolute Gasteiger partial charge is 0.204 e. The first kappa shape index (κ1) is 21.0. The van der Waals surface area contributed by atoms with E-state index in [-0.39, 0.29) is 33.5 Å². The quantitative estimate of drug-likeness (QED) is 0.108. The summed E-state index contributed by atoms with van der Waals surface area (Å²) in [6, 6.07) is 14.0. The highest BCUT2D eigenvalue weighted by Gasteiger charge is 2.26. The topological polar surface area (TPSA) is 0 Å². The van der Waals surface area contributed by atoms with E-state index >= 15 is 0 Å². The Kier molecular flexibility index (Phi) is 4.85. The standard InChI is InChI=1S/C26H11F7/c27-17-9-12(10-18(28)24(17)31)21-13-5-1-3-7-15(13)22(16-8-4-2-6-14(16)21)23-25(32)19(29)11-20(30)26(23)33/h1-11H. The zero-order chi connectivity index (χ0) is 23.4. The van der Waals surface area contributed by atoms with E-state index < -0.39 is 46.3 Å². The van der Waals surface area contributed by atoms with E-state index in [0.717, 1.165) is 12.1 Å². The Morgan fingerprint density at radius 3 is 1.15 bits per heavy atom. The lowest BCUT2D eigenvalue weighted by molar-refractivity contribution is 0.448. The number of fused-ring (bicyclic) bond motifs is 2. The van der Waals surface area contributed by atoms with Crippen LogP contribution in [0.5, 0.6) is 0 Å². The Morgan fingerprint density at radius 1 is 0.364 bits per heavy atom. The molecular formula is C26H11F7. The van der Waals surface area contributed by atoms with Gasteiger partial charge in [-0.1, -0.05) is 48.5 Å². The second-order valence-electron chi connectivity index (χ2n) is 7.44. The van der Waals surface area contributed by atoms with Crippen LogP contribution in [0.15, 0.2) is 66.7 Å². The van der Waals surface area contributed by atoms with Gasteiger partial charge in [0.25, 0.3) is 0 Å². The highest BCUT2D eigenvalue weighted by Crippen LogP contribution is 2.45. The molecule has 0 spiro atoms. The number of benzene rings is 5. The molecule has 33 heavy (non-hydrogen) atoms. The number of hydrogen-bond acceptors (Lipinski definition) is 0. The van der Waals surface area contributed by atoms with Crippen molar-refractivity contribution in [2.45, 2.75) is 0 Å². The average molecular weight is 456 g/mol. The second kappa shape index (κ2) is 7.62. The van der Waals surface area contributed by atoms with E-state index in [1.807, 2.05) is 0 Å². The summed E-state index contributed by atoms with van der Waals surface area (Å²) >= 11 is 0. The first-order chi connectivity index (χ1) is 15.8. The predicted octanol–water partition coefficient (Wildman–Crippen LogP) is 8.30. The molecule has 164 valence electrons. The lowest BCUT2D eigenvalue weighted by atomic mass is 9.85. The van der Waals surface area contributed by atoms with Gasteiger partial charge in [-0.05, 0) is 44.8 Å². The van der Waals surface area contributed by atoms with Crippen molar-refractivity contribution < 1.29 is 30.7 Å². The molecule has 0 unspecified atom stereocenters. The fourth-order valence-electron chi connectivity index (χ4n) is 4.20. The third-order valence-electron chi connectivity index (χ3n) is 5.57. The summed E-state index contributed by atoms with van der Waals surface area (Å²) < 4.78 is 99.6. The molecule has 0 aliphatic carbocycles. The first-order valence-electron chi connectivity index (χ1n) is 9.71. The molecule has 5 aromatic rings. The summed E-state index contributed by atoms with van der Waals surface area (Å²) in [6.45, 7) is 0. The summed E-state index contributed by atoms with van der Waals surface area (Å²) in [6.07, 6.45) is 0. The van der Waals surface area contributed by atoms with E-state index in [9.17, 15) is 30.7 Å². The molecule has 0 saturated carbocycles. The van der Waals surface area contributed by atoms with Crippen molar-refractivity contribution >= 4 is 21.5 Å². The van der Waals surface area contributed by atoms with Crippen LogP contribution in [0.4, 0.5) is 30.7 Å². The lowest BCUT2D eigenvalue weighted by Gasteiger charge is -2.18. The van der Waals surface area contributed by atoms with Gasteiger partial charge >= 0.3 is 0 Å².